The van der Waals surface area contributed by atoms with Crippen LogP contribution in [0.4, 0.5) is 5.69 Å². The van der Waals surface area contributed by atoms with Crippen LogP contribution in [-0.4, -0.2) is 11.7 Å². The molecule has 2 N–H and O–H groups in total. The highest BCUT2D eigenvalue weighted by atomic mass is 16.3. The zero-order chi connectivity index (χ0) is 13.0. The van der Waals surface area contributed by atoms with Crippen LogP contribution < -0.4 is 5.32 Å². The predicted molar refractivity (Wildman–Crippen MR) is 75.8 cm³/mol. The molecule has 2 rings (SSSR count). The zero-order valence-electron chi connectivity index (χ0n) is 10.9. The van der Waals surface area contributed by atoms with Gasteiger partial charge in [-0.1, -0.05) is 36.4 Å². The van der Waals surface area contributed by atoms with Gasteiger partial charge in [-0.3, -0.25) is 0 Å². The van der Waals surface area contributed by atoms with Crippen molar-refractivity contribution in [2.75, 3.05) is 11.9 Å². The van der Waals surface area contributed by atoms with Crippen LogP contribution in [0.1, 0.15) is 22.8 Å². The van der Waals surface area contributed by atoms with Crippen LogP contribution in [0.15, 0.2) is 48.5 Å². The van der Waals surface area contributed by atoms with E-state index in [1.807, 2.05) is 43.3 Å². The molecule has 0 aliphatic rings. The van der Waals surface area contributed by atoms with E-state index in [4.69, 9.17) is 0 Å². The monoisotopic (exact) mass is 241 g/mol. The Morgan fingerprint density at radius 2 is 1.83 bits per heavy atom. The van der Waals surface area contributed by atoms with Crippen LogP contribution in [0.5, 0.6) is 0 Å². The van der Waals surface area contributed by atoms with Gasteiger partial charge in [-0.2, -0.15) is 0 Å². The number of aryl methyl sites for hydroxylation is 2. The van der Waals surface area contributed by atoms with Crippen molar-refractivity contribution in [3.8, 4) is 0 Å². The van der Waals surface area contributed by atoms with Crippen molar-refractivity contribution in [1.29, 1.82) is 0 Å². The second-order valence-electron chi connectivity index (χ2n) is 4.62. The molecule has 94 valence electrons. The second-order valence-corrected chi connectivity index (χ2v) is 4.62. The molecule has 0 bridgehead atoms. The molecule has 2 aromatic carbocycles. The summed E-state index contributed by atoms with van der Waals surface area (Å²) in [6.45, 7) is 4.60. The Labute approximate surface area is 108 Å². The van der Waals surface area contributed by atoms with Gasteiger partial charge >= 0.3 is 0 Å². The van der Waals surface area contributed by atoms with Gasteiger partial charge in [0.05, 0.1) is 6.10 Å². The molecule has 0 aliphatic heterocycles. The van der Waals surface area contributed by atoms with Crippen molar-refractivity contribution in [3.05, 3.63) is 65.2 Å². The Morgan fingerprint density at radius 3 is 2.56 bits per heavy atom. The Bertz CT molecular complexity index is 522. The van der Waals surface area contributed by atoms with Gasteiger partial charge in [0, 0.05) is 12.2 Å². The fraction of sp³-hybridized carbons (Fsp3) is 0.250. The van der Waals surface area contributed by atoms with Gasteiger partial charge in [0.1, 0.15) is 0 Å². The molecule has 18 heavy (non-hydrogen) atoms. The summed E-state index contributed by atoms with van der Waals surface area (Å²) in [6, 6.07) is 16.1. The van der Waals surface area contributed by atoms with Gasteiger partial charge in [0.2, 0.25) is 0 Å². The van der Waals surface area contributed by atoms with Gasteiger partial charge in [-0.15, -0.1) is 0 Å². The van der Waals surface area contributed by atoms with Crippen LogP contribution in [0.2, 0.25) is 0 Å². The molecule has 2 heteroatoms. The Balaban J connectivity index is 2.00. The Morgan fingerprint density at radius 1 is 1.06 bits per heavy atom. The minimum absolute atomic E-state index is 0.480. The number of rotatable bonds is 4. The molecule has 0 saturated carbocycles. The maximum atomic E-state index is 10.2. The van der Waals surface area contributed by atoms with E-state index in [0.717, 1.165) is 16.8 Å². The molecule has 0 aromatic heterocycles. The topological polar surface area (TPSA) is 32.3 Å². The van der Waals surface area contributed by atoms with Gasteiger partial charge in [0.25, 0.3) is 0 Å². The van der Waals surface area contributed by atoms with Crippen LogP contribution >= 0.6 is 0 Å². The van der Waals surface area contributed by atoms with E-state index >= 15 is 0 Å². The Kier molecular flexibility index (Phi) is 4.00. The van der Waals surface area contributed by atoms with E-state index in [-0.39, 0.29) is 0 Å². The number of benzene rings is 2. The molecule has 0 radical (unpaired) electrons. The van der Waals surface area contributed by atoms with Gasteiger partial charge in [-0.25, -0.2) is 0 Å². The fourth-order valence-corrected chi connectivity index (χ4v) is 2.04. The van der Waals surface area contributed by atoms with Crippen LogP contribution in [0, 0.1) is 13.8 Å². The number of anilines is 1. The van der Waals surface area contributed by atoms with Crippen molar-refractivity contribution >= 4 is 5.69 Å². The third kappa shape index (κ3) is 3.11. The average Bonchev–Trinajstić information content (AvgIpc) is 2.37. The third-order valence-electron chi connectivity index (χ3n) is 3.07. The normalized spacial score (nSPS) is 12.2. The highest BCUT2D eigenvalue weighted by Crippen LogP contribution is 2.18. The molecular formula is C16H19NO. The highest BCUT2D eigenvalue weighted by Gasteiger charge is 2.09. The molecule has 2 aromatic rings. The number of hydrogen-bond acceptors (Lipinski definition) is 2. The maximum Gasteiger partial charge on any atom is 0.0964 e. The summed E-state index contributed by atoms with van der Waals surface area (Å²) in [5.41, 5.74) is 4.36. The summed E-state index contributed by atoms with van der Waals surface area (Å²) in [6.07, 6.45) is -0.480. The smallest absolute Gasteiger partial charge is 0.0964 e. The summed E-state index contributed by atoms with van der Waals surface area (Å²) in [7, 11) is 0. The lowest BCUT2D eigenvalue weighted by Crippen LogP contribution is -2.13. The van der Waals surface area contributed by atoms with E-state index in [1.165, 1.54) is 5.56 Å². The van der Waals surface area contributed by atoms with E-state index in [2.05, 4.69) is 24.4 Å². The second kappa shape index (κ2) is 5.69. The van der Waals surface area contributed by atoms with Crippen molar-refractivity contribution in [2.24, 2.45) is 0 Å². The van der Waals surface area contributed by atoms with E-state index in [0.29, 0.717) is 6.54 Å². The lowest BCUT2D eigenvalue weighted by molar-refractivity contribution is 0.191. The summed E-state index contributed by atoms with van der Waals surface area (Å²) in [5.74, 6) is 0. The number of aliphatic hydroxyl groups is 1. The molecule has 0 aliphatic carbocycles. The number of hydrogen-bond donors (Lipinski definition) is 2. The third-order valence-corrected chi connectivity index (χ3v) is 3.07. The number of aliphatic hydroxyl groups excluding tert-OH is 1. The number of nitrogens with one attached hydrogen (secondary N) is 1. The molecule has 1 unspecified atom stereocenters. The first kappa shape index (κ1) is 12.7. The van der Waals surface area contributed by atoms with Crippen molar-refractivity contribution in [2.45, 2.75) is 20.0 Å². The summed E-state index contributed by atoms with van der Waals surface area (Å²) in [5, 5.41) is 13.4. The first-order valence-corrected chi connectivity index (χ1v) is 6.21. The molecule has 0 spiro atoms. The largest absolute Gasteiger partial charge is 0.387 e. The molecule has 2 nitrogen and oxygen atoms in total. The van der Waals surface area contributed by atoms with Crippen molar-refractivity contribution in [1.82, 2.24) is 0 Å². The van der Waals surface area contributed by atoms with Gasteiger partial charge in [-0.05, 0) is 42.7 Å². The molecule has 0 saturated heterocycles. The summed E-state index contributed by atoms with van der Waals surface area (Å²) < 4.78 is 0. The summed E-state index contributed by atoms with van der Waals surface area (Å²) in [4.78, 5) is 0. The van der Waals surface area contributed by atoms with Gasteiger partial charge < -0.3 is 10.4 Å². The SMILES string of the molecule is Cc1cccc(NCC(O)c2ccccc2C)c1. The highest BCUT2D eigenvalue weighted by molar-refractivity contribution is 5.45. The van der Waals surface area contributed by atoms with Crippen molar-refractivity contribution < 1.29 is 5.11 Å². The van der Waals surface area contributed by atoms with E-state index < -0.39 is 6.10 Å². The van der Waals surface area contributed by atoms with Gasteiger partial charge in [0.15, 0.2) is 0 Å². The molecule has 0 heterocycles. The predicted octanol–water partition coefficient (Wildman–Crippen LogP) is 3.45. The quantitative estimate of drug-likeness (QED) is 0.859. The summed E-state index contributed by atoms with van der Waals surface area (Å²) >= 11 is 0. The molecule has 0 amide bonds. The lowest BCUT2D eigenvalue weighted by Gasteiger charge is -2.15. The first-order valence-electron chi connectivity index (χ1n) is 6.21. The van der Waals surface area contributed by atoms with E-state index in [9.17, 15) is 5.11 Å². The minimum Gasteiger partial charge on any atom is -0.387 e. The maximum absolute atomic E-state index is 10.2. The molecule has 0 fully saturated rings. The standard InChI is InChI=1S/C16H19NO/c1-12-6-5-8-14(10-12)17-11-16(18)15-9-4-3-7-13(15)2/h3-10,16-18H,11H2,1-2H3. The van der Waals surface area contributed by atoms with E-state index in [1.54, 1.807) is 0 Å². The Hall–Kier alpha value is -1.80. The van der Waals surface area contributed by atoms with Crippen LogP contribution in [0.3, 0.4) is 0 Å². The lowest BCUT2D eigenvalue weighted by atomic mass is 10.0. The molecule has 1 atom stereocenters. The zero-order valence-corrected chi connectivity index (χ0v) is 10.9. The average molecular weight is 241 g/mol. The first-order chi connectivity index (χ1) is 8.66. The van der Waals surface area contributed by atoms with Crippen LogP contribution in [-0.2, 0) is 0 Å². The van der Waals surface area contributed by atoms with Crippen LogP contribution in [0.25, 0.3) is 0 Å². The van der Waals surface area contributed by atoms with Crippen molar-refractivity contribution in [3.63, 3.8) is 0 Å². The fourth-order valence-electron chi connectivity index (χ4n) is 2.04. The minimum atomic E-state index is -0.480. The molecular weight excluding hydrogens is 222 g/mol.